The molecule has 5 rings (SSSR count). The molecular formula is C22H23N5O6S. The van der Waals surface area contributed by atoms with Crippen LogP contribution in [-0.2, 0) is 23.0 Å². The quantitative estimate of drug-likeness (QED) is 0.420. The molecule has 1 aromatic carbocycles. The maximum absolute atomic E-state index is 13.4. The number of methoxy groups -OCH3 is 2. The number of aryl methyl sites for hydroxylation is 1. The molecule has 0 bridgehead atoms. The summed E-state index contributed by atoms with van der Waals surface area (Å²) in [5.41, 5.74) is 2.90. The summed E-state index contributed by atoms with van der Waals surface area (Å²) in [6, 6.07) is 5.22. The Hall–Kier alpha value is -3.80. The third-order valence-electron chi connectivity index (χ3n) is 5.57. The van der Waals surface area contributed by atoms with Crippen molar-refractivity contribution in [2.45, 2.75) is 31.2 Å². The van der Waals surface area contributed by atoms with Crippen LogP contribution in [0.4, 0.5) is 5.82 Å². The van der Waals surface area contributed by atoms with Crippen molar-refractivity contribution < 1.29 is 27.2 Å². The van der Waals surface area contributed by atoms with Gasteiger partial charge in [-0.1, -0.05) is 5.16 Å². The van der Waals surface area contributed by atoms with Crippen LogP contribution in [0.3, 0.4) is 0 Å². The van der Waals surface area contributed by atoms with Crippen LogP contribution in [0.5, 0.6) is 17.4 Å². The molecule has 0 unspecified atom stereocenters. The maximum atomic E-state index is 13.4. The standard InChI is InChI=1S/C22H23N5O6S/c1-13-10-17(30-2)20(22(24-13)31-3)34(28,29)26-21-18-16(33-25-21)11-14(12-27-8-5-7-23-27)15-6-4-9-32-19(15)18/h5,7-8,10-11H,4,6,9,12H2,1-3H3,(H,25,26). The fourth-order valence-electron chi connectivity index (χ4n) is 4.12. The number of hydrogen-bond acceptors (Lipinski definition) is 9. The van der Waals surface area contributed by atoms with E-state index < -0.39 is 10.0 Å². The Bertz CT molecular complexity index is 1440. The van der Waals surface area contributed by atoms with Gasteiger partial charge in [0.25, 0.3) is 10.0 Å². The SMILES string of the molecule is COc1cc(C)nc(OC)c1S(=O)(=O)Nc1noc2cc(Cn3cccn3)c3c(c12)OCCC3. The van der Waals surface area contributed by atoms with Crippen molar-refractivity contribution in [2.24, 2.45) is 0 Å². The molecule has 0 aliphatic carbocycles. The number of sulfonamides is 1. The van der Waals surface area contributed by atoms with Crippen molar-refractivity contribution in [3.63, 3.8) is 0 Å². The van der Waals surface area contributed by atoms with Crippen molar-refractivity contribution in [2.75, 3.05) is 25.5 Å². The van der Waals surface area contributed by atoms with Crippen LogP contribution >= 0.6 is 0 Å². The minimum absolute atomic E-state index is 0.0171. The van der Waals surface area contributed by atoms with Gasteiger partial charge < -0.3 is 18.7 Å². The molecular weight excluding hydrogens is 462 g/mol. The molecule has 0 fully saturated rings. The van der Waals surface area contributed by atoms with Crippen LogP contribution in [-0.4, -0.2) is 49.2 Å². The van der Waals surface area contributed by atoms with Crippen LogP contribution < -0.4 is 18.9 Å². The van der Waals surface area contributed by atoms with Gasteiger partial charge in [-0.2, -0.15) is 5.10 Å². The summed E-state index contributed by atoms with van der Waals surface area (Å²) in [4.78, 5) is 3.95. The first-order valence-electron chi connectivity index (χ1n) is 10.6. The van der Waals surface area contributed by atoms with Gasteiger partial charge >= 0.3 is 0 Å². The van der Waals surface area contributed by atoms with Gasteiger partial charge in [-0.05, 0) is 37.5 Å². The fraction of sp³-hybridized carbons (Fsp3) is 0.318. The van der Waals surface area contributed by atoms with Gasteiger partial charge in [-0.3, -0.25) is 9.40 Å². The molecule has 11 nitrogen and oxygen atoms in total. The predicted molar refractivity (Wildman–Crippen MR) is 122 cm³/mol. The molecule has 1 aliphatic rings. The highest BCUT2D eigenvalue weighted by Crippen LogP contribution is 2.42. The second-order valence-corrected chi connectivity index (χ2v) is 9.43. The number of pyridine rings is 1. The number of benzene rings is 1. The Morgan fingerprint density at radius 1 is 1.24 bits per heavy atom. The molecule has 12 heteroatoms. The summed E-state index contributed by atoms with van der Waals surface area (Å²) >= 11 is 0. The van der Waals surface area contributed by atoms with Crippen LogP contribution in [0.1, 0.15) is 23.2 Å². The third-order valence-corrected chi connectivity index (χ3v) is 6.95. The summed E-state index contributed by atoms with van der Waals surface area (Å²) in [7, 11) is -1.49. The topological polar surface area (TPSA) is 131 Å². The van der Waals surface area contributed by atoms with Crippen LogP contribution in [0, 0.1) is 6.92 Å². The molecule has 0 saturated carbocycles. The first-order chi connectivity index (χ1) is 16.4. The Morgan fingerprint density at radius 3 is 2.82 bits per heavy atom. The van der Waals surface area contributed by atoms with Crippen molar-refractivity contribution in [3.05, 3.63) is 47.4 Å². The van der Waals surface area contributed by atoms with Crippen LogP contribution in [0.2, 0.25) is 0 Å². The number of nitrogens with zero attached hydrogens (tertiary/aromatic N) is 4. The molecule has 0 atom stereocenters. The molecule has 0 spiro atoms. The number of fused-ring (bicyclic) bond motifs is 3. The summed E-state index contributed by atoms with van der Waals surface area (Å²) in [6.45, 7) is 2.75. The predicted octanol–water partition coefficient (Wildman–Crippen LogP) is 2.92. The number of rotatable bonds is 7. The molecule has 0 amide bonds. The molecule has 34 heavy (non-hydrogen) atoms. The number of anilines is 1. The van der Waals surface area contributed by atoms with Gasteiger partial charge in [0.05, 0.1) is 27.4 Å². The zero-order chi connectivity index (χ0) is 23.9. The Balaban J connectivity index is 1.61. The highest BCUT2D eigenvalue weighted by atomic mass is 32.2. The van der Waals surface area contributed by atoms with Gasteiger partial charge in [0.2, 0.25) is 5.88 Å². The summed E-state index contributed by atoms with van der Waals surface area (Å²) < 4.78 is 53.2. The van der Waals surface area contributed by atoms with E-state index in [1.165, 1.54) is 20.3 Å². The van der Waals surface area contributed by atoms with E-state index in [0.29, 0.717) is 35.6 Å². The lowest BCUT2D eigenvalue weighted by molar-refractivity contribution is 0.291. The van der Waals surface area contributed by atoms with E-state index in [2.05, 4.69) is 20.0 Å². The highest BCUT2D eigenvalue weighted by Gasteiger charge is 2.31. The molecule has 3 aromatic heterocycles. The number of ether oxygens (including phenoxy) is 3. The van der Waals surface area contributed by atoms with Crippen molar-refractivity contribution in [3.8, 4) is 17.4 Å². The van der Waals surface area contributed by atoms with Crippen LogP contribution in [0.15, 0.2) is 40.0 Å². The average molecular weight is 486 g/mol. The number of aromatic nitrogens is 4. The smallest absolute Gasteiger partial charge is 0.272 e. The van der Waals surface area contributed by atoms with E-state index in [-0.39, 0.29) is 22.3 Å². The van der Waals surface area contributed by atoms with Crippen molar-refractivity contribution >= 4 is 26.8 Å². The molecule has 0 saturated heterocycles. The van der Waals surface area contributed by atoms with E-state index in [4.69, 9.17) is 18.7 Å². The van der Waals surface area contributed by atoms with E-state index in [1.54, 1.807) is 17.8 Å². The molecule has 178 valence electrons. The van der Waals surface area contributed by atoms with Gasteiger partial charge in [0.1, 0.15) is 16.9 Å². The zero-order valence-electron chi connectivity index (χ0n) is 18.9. The van der Waals surface area contributed by atoms with Crippen molar-refractivity contribution in [1.82, 2.24) is 19.9 Å². The second kappa shape index (κ2) is 8.52. The fourth-order valence-corrected chi connectivity index (χ4v) is 5.38. The summed E-state index contributed by atoms with van der Waals surface area (Å²) in [6.07, 6.45) is 5.21. The molecule has 0 radical (unpaired) electrons. The van der Waals surface area contributed by atoms with Gasteiger partial charge in [0.15, 0.2) is 16.3 Å². The van der Waals surface area contributed by atoms with E-state index >= 15 is 0 Å². The lowest BCUT2D eigenvalue weighted by Crippen LogP contribution is -2.17. The molecule has 1 aliphatic heterocycles. The summed E-state index contributed by atoms with van der Waals surface area (Å²) in [5.74, 6) is 0.593. The molecule has 1 N–H and O–H groups in total. The minimum atomic E-state index is -4.21. The normalized spacial score (nSPS) is 13.4. The maximum Gasteiger partial charge on any atom is 0.272 e. The largest absolute Gasteiger partial charge is 0.495 e. The monoisotopic (exact) mass is 485 g/mol. The lowest BCUT2D eigenvalue weighted by atomic mass is 9.97. The average Bonchev–Trinajstić information content (AvgIpc) is 3.48. The third kappa shape index (κ3) is 3.79. The Kier molecular flexibility index (Phi) is 5.52. The Morgan fingerprint density at radius 2 is 2.09 bits per heavy atom. The van der Waals surface area contributed by atoms with Crippen LogP contribution in [0.25, 0.3) is 11.0 Å². The Labute approximate surface area is 195 Å². The first kappa shape index (κ1) is 22.0. The van der Waals surface area contributed by atoms with E-state index in [0.717, 1.165) is 24.0 Å². The second-order valence-electron chi connectivity index (χ2n) is 7.81. The van der Waals surface area contributed by atoms with Crippen molar-refractivity contribution in [1.29, 1.82) is 0 Å². The van der Waals surface area contributed by atoms with E-state index in [1.807, 2.05) is 18.3 Å². The molecule has 4 heterocycles. The summed E-state index contributed by atoms with van der Waals surface area (Å²) in [5, 5.41) is 8.74. The molecule has 4 aromatic rings. The number of hydrogen-bond donors (Lipinski definition) is 1. The van der Waals surface area contributed by atoms with Gasteiger partial charge in [0, 0.05) is 29.7 Å². The first-order valence-corrected chi connectivity index (χ1v) is 12.1. The zero-order valence-corrected chi connectivity index (χ0v) is 19.7. The number of nitrogens with one attached hydrogen (secondary N) is 1. The van der Waals surface area contributed by atoms with E-state index in [9.17, 15) is 8.42 Å². The van der Waals surface area contributed by atoms with Gasteiger partial charge in [-0.15, -0.1) is 0 Å². The minimum Gasteiger partial charge on any atom is -0.495 e. The highest BCUT2D eigenvalue weighted by molar-refractivity contribution is 7.93. The van der Waals surface area contributed by atoms with Gasteiger partial charge in [-0.25, -0.2) is 13.4 Å². The lowest BCUT2D eigenvalue weighted by Gasteiger charge is -2.21.